The minimum atomic E-state index is -0.965. The molecule has 1 aliphatic heterocycles. The van der Waals surface area contributed by atoms with Crippen molar-refractivity contribution >= 4 is 11.0 Å². The molecule has 0 aliphatic carbocycles. The van der Waals surface area contributed by atoms with Crippen LogP contribution >= 0.6 is 0 Å². The van der Waals surface area contributed by atoms with E-state index in [2.05, 4.69) is 59.1 Å². The summed E-state index contributed by atoms with van der Waals surface area (Å²) in [6.45, 7) is 24.2. The fraction of sp³-hybridized carbons (Fsp3) is 0.611. The first kappa shape index (κ1) is 34.9. The third kappa shape index (κ3) is 7.93. The third-order valence-corrected chi connectivity index (χ3v) is 8.71. The van der Waals surface area contributed by atoms with Crippen molar-refractivity contribution in [2.75, 3.05) is 21.0 Å². The minimum absolute atomic E-state index is 0.00175. The van der Waals surface area contributed by atoms with Crippen LogP contribution in [0.4, 0.5) is 0 Å². The highest BCUT2D eigenvalue weighted by atomic mass is 16.7. The zero-order valence-electron chi connectivity index (χ0n) is 27.9. The van der Waals surface area contributed by atoms with Gasteiger partial charge in [-0.25, -0.2) is 0 Å². The molecule has 0 amide bonds. The fourth-order valence-corrected chi connectivity index (χ4v) is 6.25. The molecule has 7 nitrogen and oxygen atoms in total. The van der Waals surface area contributed by atoms with Gasteiger partial charge in [0.05, 0.1) is 25.4 Å². The summed E-state index contributed by atoms with van der Waals surface area (Å²) >= 11 is 0. The summed E-state index contributed by atoms with van der Waals surface area (Å²) in [5.74, 6) is 1.62. The average molecular weight is 599 g/mol. The lowest BCUT2D eigenvalue weighted by atomic mass is 9.81. The van der Waals surface area contributed by atoms with Crippen LogP contribution in [0.5, 0.6) is 11.5 Å². The van der Waals surface area contributed by atoms with Crippen molar-refractivity contribution < 1.29 is 33.2 Å². The molecular weight excluding hydrogens is 544 g/mol. The van der Waals surface area contributed by atoms with Crippen molar-refractivity contribution in [2.45, 2.75) is 98.2 Å². The number of hydrogen-bond donors (Lipinski definition) is 1. The van der Waals surface area contributed by atoms with Crippen LogP contribution in [0.15, 0.2) is 47.9 Å². The van der Waals surface area contributed by atoms with Crippen LogP contribution in [-0.4, -0.2) is 44.1 Å². The van der Waals surface area contributed by atoms with Crippen molar-refractivity contribution in [3.8, 4) is 11.5 Å². The number of rotatable bonds is 15. The molecule has 2 heterocycles. The zero-order valence-corrected chi connectivity index (χ0v) is 27.9. The Morgan fingerprint density at radius 2 is 1.79 bits per heavy atom. The molecule has 2 aromatic rings. The highest BCUT2D eigenvalue weighted by Crippen LogP contribution is 2.49. The molecule has 43 heavy (non-hydrogen) atoms. The molecule has 1 aromatic carbocycles. The molecule has 1 saturated heterocycles. The standard InChI is InChI=1S/C36H54O7/c1-13-21(3)16-15-17-22(4)18-23(5)29-19-27-30(35(40-20-38-11)34(39-12)26(8)33(27)41-29)31(37)25(7)32-24(6)28(14-2)42-36(9,10)43-32/h13-16,19,21-25,28,31-32,37H,1-2,17-18,20H2,3-12H3/b16-15+/t21-,22-,23-,24-,25-,28+,31?,32-/m0/s1. The SMILES string of the molecule is C=C[C@H](C)/C=C/C[C@H](C)C[C@H](C)c1cc2c(C(O)[C@H](C)[C@H]3OC(C)(C)O[C@H](C=C)[C@@H]3C)c(OCOC)c(OC)c(C)c2o1. The summed E-state index contributed by atoms with van der Waals surface area (Å²) in [6, 6.07) is 2.06. The maximum absolute atomic E-state index is 12.2. The topological polar surface area (TPSA) is 79.5 Å². The van der Waals surface area contributed by atoms with E-state index in [4.69, 9.17) is 28.1 Å². The van der Waals surface area contributed by atoms with Gasteiger partial charge in [0, 0.05) is 41.4 Å². The van der Waals surface area contributed by atoms with Crippen molar-refractivity contribution in [3.05, 3.63) is 60.4 Å². The second kappa shape index (κ2) is 14.9. The molecule has 1 N–H and O–H groups in total. The van der Waals surface area contributed by atoms with Gasteiger partial charge in [0.25, 0.3) is 0 Å². The van der Waals surface area contributed by atoms with Crippen LogP contribution in [0.1, 0.15) is 90.2 Å². The molecule has 0 saturated carbocycles. The van der Waals surface area contributed by atoms with E-state index in [-0.39, 0.29) is 36.8 Å². The van der Waals surface area contributed by atoms with Gasteiger partial charge < -0.3 is 33.2 Å². The quantitative estimate of drug-likeness (QED) is 0.162. The van der Waals surface area contributed by atoms with E-state index in [9.17, 15) is 5.11 Å². The van der Waals surface area contributed by atoms with Gasteiger partial charge in [-0.05, 0) is 51.5 Å². The fourth-order valence-electron chi connectivity index (χ4n) is 6.25. The molecule has 1 unspecified atom stereocenters. The molecule has 240 valence electrons. The van der Waals surface area contributed by atoms with Crippen molar-refractivity contribution in [1.29, 1.82) is 0 Å². The summed E-state index contributed by atoms with van der Waals surface area (Å²) < 4.78 is 36.3. The van der Waals surface area contributed by atoms with Crippen LogP contribution in [0.25, 0.3) is 11.0 Å². The van der Waals surface area contributed by atoms with Gasteiger partial charge in [0.1, 0.15) is 11.3 Å². The molecule has 1 aliphatic rings. The molecule has 0 radical (unpaired) electrons. The number of ether oxygens (including phenoxy) is 5. The molecule has 8 atom stereocenters. The molecule has 1 aromatic heterocycles. The number of aliphatic hydroxyl groups is 1. The molecule has 3 rings (SSSR count). The number of furan rings is 1. The van der Waals surface area contributed by atoms with Gasteiger partial charge in [0.2, 0.25) is 0 Å². The van der Waals surface area contributed by atoms with E-state index in [1.54, 1.807) is 14.2 Å². The van der Waals surface area contributed by atoms with E-state index in [0.29, 0.717) is 34.5 Å². The van der Waals surface area contributed by atoms with Crippen LogP contribution in [0, 0.1) is 30.6 Å². The Balaban J connectivity index is 2.07. The van der Waals surface area contributed by atoms with Gasteiger partial charge in [-0.2, -0.15) is 0 Å². The lowest BCUT2D eigenvalue weighted by Crippen LogP contribution is -2.52. The van der Waals surface area contributed by atoms with E-state index in [1.807, 2.05) is 39.8 Å². The van der Waals surface area contributed by atoms with Crippen molar-refractivity contribution in [1.82, 2.24) is 0 Å². The van der Waals surface area contributed by atoms with Crippen molar-refractivity contribution in [3.63, 3.8) is 0 Å². The van der Waals surface area contributed by atoms with E-state index < -0.39 is 11.9 Å². The summed E-state index contributed by atoms with van der Waals surface area (Å²) in [5, 5.41) is 13.0. The Morgan fingerprint density at radius 3 is 2.40 bits per heavy atom. The van der Waals surface area contributed by atoms with Crippen LogP contribution in [-0.2, 0) is 14.2 Å². The Labute approximate surface area is 258 Å². The molecule has 7 heteroatoms. The Morgan fingerprint density at radius 1 is 1.09 bits per heavy atom. The first-order valence-electron chi connectivity index (χ1n) is 15.5. The average Bonchev–Trinajstić information content (AvgIpc) is 3.42. The summed E-state index contributed by atoms with van der Waals surface area (Å²) in [5.41, 5.74) is 2.10. The smallest absolute Gasteiger partial charge is 0.188 e. The van der Waals surface area contributed by atoms with Crippen molar-refractivity contribution in [2.24, 2.45) is 23.7 Å². The first-order valence-corrected chi connectivity index (χ1v) is 15.5. The maximum atomic E-state index is 12.2. The van der Waals surface area contributed by atoms with Crippen LogP contribution in [0.2, 0.25) is 0 Å². The zero-order chi connectivity index (χ0) is 32.1. The molecule has 1 fully saturated rings. The Bertz CT molecular complexity index is 1260. The Hall–Kier alpha value is -2.58. The summed E-state index contributed by atoms with van der Waals surface area (Å²) in [4.78, 5) is 0. The Kier molecular flexibility index (Phi) is 12.1. The predicted molar refractivity (Wildman–Crippen MR) is 173 cm³/mol. The first-order chi connectivity index (χ1) is 20.3. The van der Waals surface area contributed by atoms with E-state index in [1.165, 1.54) is 0 Å². The highest BCUT2D eigenvalue weighted by molar-refractivity contribution is 5.90. The van der Waals surface area contributed by atoms with Gasteiger partial charge >= 0.3 is 0 Å². The number of fused-ring (bicyclic) bond motifs is 1. The van der Waals surface area contributed by atoms with E-state index >= 15 is 0 Å². The van der Waals surface area contributed by atoms with Gasteiger partial charge in [-0.3, -0.25) is 0 Å². The second-order valence-corrected chi connectivity index (χ2v) is 12.8. The lowest BCUT2D eigenvalue weighted by molar-refractivity contribution is -0.321. The lowest BCUT2D eigenvalue weighted by Gasteiger charge is -2.47. The third-order valence-electron chi connectivity index (χ3n) is 8.71. The minimum Gasteiger partial charge on any atom is -0.492 e. The number of allylic oxidation sites excluding steroid dienone is 3. The normalized spacial score (nSPS) is 23.9. The van der Waals surface area contributed by atoms with Gasteiger partial charge in [0.15, 0.2) is 24.1 Å². The van der Waals surface area contributed by atoms with Gasteiger partial charge in [-0.15, -0.1) is 13.2 Å². The van der Waals surface area contributed by atoms with Gasteiger partial charge in [-0.1, -0.05) is 58.9 Å². The predicted octanol–water partition coefficient (Wildman–Crippen LogP) is 8.64. The number of aryl methyl sites for hydroxylation is 1. The van der Waals surface area contributed by atoms with Crippen LogP contribution in [0.3, 0.4) is 0 Å². The highest BCUT2D eigenvalue weighted by Gasteiger charge is 2.45. The number of methoxy groups -OCH3 is 2. The van der Waals surface area contributed by atoms with Crippen LogP contribution < -0.4 is 9.47 Å². The molecule has 0 bridgehead atoms. The number of benzene rings is 1. The summed E-state index contributed by atoms with van der Waals surface area (Å²) in [7, 11) is 3.17. The maximum Gasteiger partial charge on any atom is 0.188 e. The number of hydrogen-bond acceptors (Lipinski definition) is 7. The largest absolute Gasteiger partial charge is 0.492 e. The van der Waals surface area contributed by atoms with E-state index in [0.717, 1.165) is 29.6 Å². The monoisotopic (exact) mass is 598 g/mol. The molecule has 0 spiro atoms. The molecular formula is C36H54O7. The second-order valence-electron chi connectivity index (χ2n) is 12.8. The summed E-state index contributed by atoms with van der Waals surface area (Å²) in [6.07, 6.45) is 8.63. The number of aliphatic hydroxyl groups excluding tert-OH is 1.